The monoisotopic (exact) mass is 384 g/mol. The molecule has 134 valence electrons. The molecule has 0 aliphatic carbocycles. The molecule has 0 amide bonds. The fourth-order valence-electron chi connectivity index (χ4n) is 2.82. The minimum atomic E-state index is -4.46. The van der Waals surface area contributed by atoms with E-state index < -0.39 is 42.3 Å². The summed E-state index contributed by atoms with van der Waals surface area (Å²) in [7, 11) is -4.25. The summed E-state index contributed by atoms with van der Waals surface area (Å²) in [6, 6.07) is 3.98. The molecule has 1 aliphatic rings. The minimum absolute atomic E-state index is 0.0442. The molecule has 0 spiro atoms. The quantitative estimate of drug-likeness (QED) is 0.574. The molecule has 2 atom stereocenters. The van der Waals surface area contributed by atoms with E-state index in [0.29, 0.717) is 0 Å². The van der Waals surface area contributed by atoms with Crippen LogP contribution < -0.4 is 0 Å². The van der Waals surface area contributed by atoms with Crippen LogP contribution in [-0.4, -0.2) is 41.0 Å². The van der Waals surface area contributed by atoms with Gasteiger partial charge in [-0.15, -0.1) is 0 Å². The highest BCUT2D eigenvalue weighted by molar-refractivity contribution is 8.00. The molecule has 0 unspecified atom stereocenters. The van der Waals surface area contributed by atoms with Gasteiger partial charge in [-0.05, 0) is 30.7 Å². The number of thioether (sulfide) groups is 1. The Kier molecular flexibility index (Phi) is 5.45. The first-order chi connectivity index (χ1) is 11.1. The van der Waals surface area contributed by atoms with E-state index in [0.717, 1.165) is 16.4 Å². The number of halogens is 3. The number of nitro groups is 1. The zero-order valence-electron chi connectivity index (χ0n) is 12.6. The first-order valence-corrected chi connectivity index (χ1v) is 9.39. The molecule has 0 aromatic heterocycles. The van der Waals surface area contributed by atoms with Crippen molar-refractivity contribution in [2.45, 2.75) is 41.5 Å². The van der Waals surface area contributed by atoms with E-state index in [1.807, 2.05) is 0 Å². The average molecular weight is 384 g/mol. The third-order valence-corrected chi connectivity index (χ3v) is 6.88. The van der Waals surface area contributed by atoms with Crippen LogP contribution in [0.25, 0.3) is 0 Å². The Hall–Kier alpha value is -1.33. The highest BCUT2D eigenvalue weighted by Gasteiger charge is 2.46. The molecule has 2 rings (SSSR count). The van der Waals surface area contributed by atoms with Crippen LogP contribution in [0.3, 0.4) is 0 Å². The van der Waals surface area contributed by atoms with Crippen molar-refractivity contribution in [3.63, 3.8) is 0 Å². The van der Waals surface area contributed by atoms with Gasteiger partial charge in [0.2, 0.25) is 10.0 Å². The van der Waals surface area contributed by atoms with Gasteiger partial charge in [0, 0.05) is 23.9 Å². The predicted octanol–water partition coefficient (Wildman–Crippen LogP) is 3.39. The van der Waals surface area contributed by atoms with Gasteiger partial charge >= 0.3 is 5.51 Å². The lowest BCUT2D eigenvalue weighted by Crippen LogP contribution is -2.39. The second kappa shape index (κ2) is 6.89. The molecule has 1 aromatic carbocycles. The molecule has 11 heteroatoms. The van der Waals surface area contributed by atoms with Crippen LogP contribution in [0.15, 0.2) is 29.2 Å². The predicted molar refractivity (Wildman–Crippen MR) is 83.1 cm³/mol. The minimum Gasteiger partial charge on any atom is -0.258 e. The van der Waals surface area contributed by atoms with Crippen LogP contribution in [0, 0.1) is 10.1 Å². The van der Waals surface area contributed by atoms with Gasteiger partial charge in [0.25, 0.3) is 5.69 Å². The molecule has 0 N–H and O–H groups in total. The Bertz CT molecular complexity index is 724. The standard InChI is InChI=1S/C13H15F3N2O4S2/c1-2-9-11(23-13(14,15)16)7-8-17(9)24(21,22)12-6-4-3-5-10(12)18(19)20/h3-6,9,11H,2,7-8H2,1H3/t9-,11+/m1/s1. The lowest BCUT2D eigenvalue weighted by atomic mass is 10.2. The fourth-order valence-corrected chi connectivity index (χ4v) is 5.87. The van der Waals surface area contributed by atoms with Crippen molar-refractivity contribution >= 4 is 27.5 Å². The number of nitrogens with zero attached hydrogens (tertiary/aromatic N) is 2. The summed E-state index contributed by atoms with van der Waals surface area (Å²) in [6.45, 7) is 1.50. The van der Waals surface area contributed by atoms with Crippen LogP contribution in [0.1, 0.15) is 19.8 Å². The maximum atomic E-state index is 12.8. The van der Waals surface area contributed by atoms with Crippen LogP contribution in [0.5, 0.6) is 0 Å². The highest BCUT2D eigenvalue weighted by atomic mass is 32.2. The Morgan fingerprint density at radius 2 is 2.00 bits per heavy atom. The van der Waals surface area contributed by atoms with E-state index in [-0.39, 0.29) is 31.1 Å². The number of hydrogen-bond donors (Lipinski definition) is 0. The third-order valence-electron chi connectivity index (χ3n) is 3.78. The van der Waals surface area contributed by atoms with Crippen molar-refractivity contribution in [1.29, 1.82) is 0 Å². The number of para-hydroxylation sites is 1. The number of sulfonamides is 1. The maximum Gasteiger partial charge on any atom is 0.442 e. The van der Waals surface area contributed by atoms with Crippen LogP contribution in [0.2, 0.25) is 0 Å². The normalized spacial score (nSPS) is 22.7. The van der Waals surface area contributed by atoms with E-state index >= 15 is 0 Å². The molecule has 1 saturated heterocycles. The van der Waals surface area contributed by atoms with Gasteiger partial charge in [-0.1, -0.05) is 19.1 Å². The van der Waals surface area contributed by atoms with Gasteiger partial charge in [0.15, 0.2) is 4.90 Å². The van der Waals surface area contributed by atoms with Crippen LogP contribution in [-0.2, 0) is 10.0 Å². The number of benzene rings is 1. The van der Waals surface area contributed by atoms with E-state index in [1.165, 1.54) is 12.1 Å². The van der Waals surface area contributed by atoms with Crippen molar-refractivity contribution < 1.29 is 26.5 Å². The SMILES string of the molecule is CC[C@@H]1[C@@H](SC(F)(F)F)CCN1S(=O)(=O)c1ccccc1[N+](=O)[O-]. The Morgan fingerprint density at radius 1 is 1.38 bits per heavy atom. The Labute approximate surface area is 141 Å². The summed E-state index contributed by atoms with van der Waals surface area (Å²) in [6.07, 6.45) is 0.232. The number of nitro benzene ring substituents is 1. The average Bonchev–Trinajstić information content (AvgIpc) is 2.88. The van der Waals surface area contributed by atoms with Crippen molar-refractivity contribution in [3.05, 3.63) is 34.4 Å². The van der Waals surface area contributed by atoms with Crippen molar-refractivity contribution in [2.75, 3.05) is 6.54 Å². The summed E-state index contributed by atoms with van der Waals surface area (Å²) in [5, 5.41) is 10.1. The zero-order chi connectivity index (χ0) is 18.1. The molecule has 1 fully saturated rings. The van der Waals surface area contributed by atoms with E-state index in [2.05, 4.69) is 0 Å². The topological polar surface area (TPSA) is 80.5 Å². The molecule has 0 bridgehead atoms. The first-order valence-electron chi connectivity index (χ1n) is 7.07. The number of alkyl halides is 3. The molecule has 0 radical (unpaired) electrons. The second-order valence-corrected chi connectivity index (χ2v) is 8.37. The van der Waals surface area contributed by atoms with Crippen LogP contribution in [0.4, 0.5) is 18.9 Å². The van der Waals surface area contributed by atoms with Crippen LogP contribution >= 0.6 is 11.8 Å². The molecule has 1 heterocycles. The molecule has 0 saturated carbocycles. The van der Waals surface area contributed by atoms with Gasteiger partial charge < -0.3 is 0 Å². The summed E-state index contributed by atoms with van der Waals surface area (Å²) < 4.78 is 64.4. The number of rotatable bonds is 5. The van der Waals surface area contributed by atoms with Gasteiger partial charge in [-0.3, -0.25) is 10.1 Å². The third kappa shape index (κ3) is 3.83. The van der Waals surface area contributed by atoms with Gasteiger partial charge in [-0.25, -0.2) is 8.42 Å². The van der Waals surface area contributed by atoms with Crippen molar-refractivity contribution in [3.8, 4) is 0 Å². The number of hydrogen-bond acceptors (Lipinski definition) is 5. The zero-order valence-corrected chi connectivity index (χ0v) is 14.2. The van der Waals surface area contributed by atoms with Crippen molar-refractivity contribution in [2.24, 2.45) is 0 Å². The van der Waals surface area contributed by atoms with Gasteiger partial charge in [-0.2, -0.15) is 17.5 Å². The molecular weight excluding hydrogens is 369 g/mol. The molecule has 6 nitrogen and oxygen atoms in total. The summed E-state index contributed by atoms with van der Waals surface area (Å²) in [5.74, 6) is 0. The van der Waals surface area contributed by atoms with E-state index in [9.17, 15) is 31.7 Å². The van der Waals surface area contributed by atoms with Gasteiger partial charge in [0.1, 0.15) is 0 Å². The Balaban J connectivity index is 2.38. The lowest BCUT2D eigenvalue weighted by molar-refractivity contribution is -0.387. The molecule has 24 heavy (non-hydrogen) atoms. The summed E-state index contributed by atoms with van der Waals surface area (Å²) in [5.41, 5.74) is -5.05. The molecular formula is C13H15F3N2O4S2. The molecule has 1 aromatic rings. The second-order valence-electron chi connectivity index (χ2n) is 5.21. The highest BCUT2D eigenvalue weighted by Crippen LogP contribution is 2.43. The lowest BCUT2D eigenvalue weighted by Gasteiger charge is -2.26. The van der Waals surface area contributed by atoms with Crippen molar-refractivity contribution in [1.82, 2.24) is 4.31 Å². The largest absolute Gasteiger partial charge is 0.442 e. The Morgan fingerprint density at radius 3 is 2.54 bits per heavy atom. The summed E-state index contributed by atoms with van der Waals surface area (Å²) in [4.78, 5) is 9.75. The first kappa shape index (κ1) is 19.0. The van der Waals surface area contributed by atoms with Gasteiger partial charge in [0.05, 0.1) is 4.92 Å². The smallest absolute Gasteiger partial charge is 0.258 e. The van der Waals surface area contributed by atoms with E-state index in [4.69, 9.17) is 0 Å². The molecule has 1 aliphatic heterocycles. The fraction of sp³-hybridized carbons (Fsp3) is 0.538. The van der Waals surface area contributed by atoms with E-state index in [1.54, 1.807) is 6.92 Å². The maximum absolute atomic E-state index is 12.8. The summed E-state index contributed by atoms with van der Waals surface area (Å²) >= 11 is -0.217.